The van der Waals surface area contributed by atoms with Crippen molar-refractivity contribution in [2.45, 2.75) is 24.6 Å². The molecule has 4 rings (SSSR count). The molecule has 0 saturated carbocycles. The number of hydrogen-bond acceptors (Lipinski definition) is 4. The van der Waals surface area contributed by atoms with Gasteiger partial charge in [0.25, 0.3) is 0 Å². The molecule has 0 aliphatic carbocycles. The second kappa shape index (κ2) is 6.37. The fourth-order valence-electron chi connectivity index (χ4n) is 3.30. The lowest BCUT2D eigenvalue weighted by molar-refractivity contribution is -0.138. The van der Waals surface area contributed by atoms with Crippen molar-refractivity contribution in [2.75, 3.05) is 13.2 Å². The molecular formula is C19H15F3O5. The summed E-state index contributed by atoms with van der Waals surface area (Å²) in [5.74, 6) is 0.105. The molecule has 0 amide bonds. The molecule has 1 unspecified atom stereocenters. The molecule has 0 spiro atoms. The summed E-state index contributed by atoms with van der Waals surface area (Å²) in [6, 6.07) is 8.23. The molecule has 0 fully saturated rings. The van der Waals surface area contributed by atoms with E-state index in [4.69, 9.17) is 19.3 Å². The minimum absolute atomic E-state index is 0.0531. The number of carbonyl (C=O) groups is 1. The Labute approximate surface area is 152 Å². The highest BCUT2D eigenvalue weighted by atomic mass is 19.4. The Morgan fingerprint density at radius 1 is 1.07 bits per heavy atom. The monoisotopic (exact) mass is 380 g/mol. The van der Waals surface area contributed by atoms with Crippen LogP contribution in [0.1, 0.15) is 35.1 Å². The van der Waals surface area contributed by atoms with Crippen LogP contribution in [-0.4, -0.2) is 24.3 Å². The first kappa shape index (κ1) is 17.5. The van der Waals surface area contributed by atoms with Crippen molar-refractivity contribution in [1.82, 2.24) is 0 Å². The molecule has 2 aliphatic rings. The number of carboxylic acid groups (broad SMARTS) is 1. The first-order valence-corrected chi connectivity index (χ1v) is 8.30. The van der Waals surface area contributed by atoms with Gasteiger partial charge in [0.15, 0.2) is 17.6 Å². The number of alkyl halides is 3. The van der Waals surface area contributed by atoms with Crippen molar-refractivity contribution in [3.8, 4) is 17.2 Å². The first-order chi connectivity index (χ1) is 12.8. The van der Waals surface area contributed by atoms with Gasteiger partial charge in [-0.2, -0.15) is 13.2 Å². The quantitative estimate of drug-likeness (QED) is 0.866. The highest BCUT2D eigenvalue weighted by molar-refractivity contribution is 5.69. The van der Waals surface area contributed by atoms with Crippen LogP contribution in [0, 0.1) is 0 Å². The molecular weight excluding hydrogens is 365 g/mol. The summed E-state index contributed by atoms with van der Waals surface area (Å²) >= 11 is 0. The molecule has 5 nitrogen and oxygen atoms in total. The summed E-state index contributed by atoms with van der Waals surface area (Å²) in [6.45, 7) is 0.305. The van der Waals surface area contributed by atoms with E-state index in [1.807, 2.05) is 0 Å². The third-order valence-electron chi connectivity index (χ3n) is 4.62. The molecule has 2 aromatic rings. The number of carboxylic acids is 1. The van der Waals surface area contributed by atoms with E-state index < -0.39 is 23.8 Å². The zero-order chi connectivity index (χ0) is 19.2. The number of halogens is 3. The number of aliphatic carboxylic acids is 1. The maximum absolute atomic E-state index is 12.9. The third-order valence-corrected chi connectivity index (χ3v) is 4.62. The van der Waals surface area contributed by atoms with Gasteiger partial charge in [-0.15, -0.1) is 0 Å². The van der Waals surface area contributed by atoms with Gasteiger partial charge in [0, 0.05) is 17.5 Å². The lowest BCUT2D eigenvalue weighted by atomic mass is 9.97. The zero-order valence-corrected chi connectivity index (χ0v) is 14.0. The molecule has 2 aromatic carbocycles. The average Bonchev–Trinajstić information content (AvgIpc) is 3.00. The maximum Gasteiger partial charge on any atom is 0.416 e. The van der Waals surface area contributed by atoms with Crippen LogP contribution >= 0.6 is 0 Å². The highest BCUT2D eigenvalue weighted by Crippen LogP contribution is 2.46. The zero-order valence-electron chi connectivity index (χ0n) is 14.0. The summed E-state index contributed by atoms with van der Waals surface area (Å²) < 4.78 is 55.8. The van der Waals surface area contributed by atoms with Crippen LogP contribution in [0.4, 0.5) is 13.2 Å². The summed E-state index contributed by atoms with van der Waals surface area (Å²) in [7, 11) is 0. The standard InChI is InChI=1S/C19H15F3O5/c20-19(21,22)12-3-1-2-10(4-12)17-9-26-15-6-13-11(5-18(23)24)8-25-14(13)7-16(15)27-17/h1-4,6-7,11,17H,5,8-9H2,(H,23,24)/t11-,17?/m1/s1. The van der Waals surface area contributed by atoms with Crippen LogP contribution in [0.25, 0.3) is 0 Å². The fraction of sp³-hybridized carbons (Fsp3) is 0.316. The minimum Gasteiger partial charge on any atom is -0.492 e. The Morgan fingerprint density at radius 2 is 1.85 bits per heavy atom. The van der Waals surface area contributed by atoms with E-state index >= 15 is 0 Å². The lowest BCUT2D eigenvalue weighted by Gasteiger charge is -2.27. The highest BCUT2D eigenvalue weighted by Gasteiger charge is 2.34. The minimum atomic E-state index is -4.43. The van der Waals surface area contributed by atoms with E-state index in [2.05, 4.69) is 0 Å². The van der Waals surface area contributed by atoms with Crippen LogP contribution in [0.2, 0.25) is 0 Å². The van der Waals surface area contributed by atoms with Gasteiger partial charge < -0.3 is 19.3 Å². The first-order valence-electron chi connectivity index (χ1n) is 8.30. The summed E-state index contributed by atoms with van der Waals surface area (Å²) in [5, 5.41) is 8.99. The number of fused-ring (bicyclic) bond motifs is 2. The van der Waals surface area contributed by atoms with Crippen molar-refractivity contribution < 1.29 is 37.3 Å². The van der Waals surface area contributed by atoms with E-state index in [9.17, 15) is 18.0 Å². The number of benzene rings is 2. The van der Waals surface area contributed by atoms with Gasteiger partial charge in [0.1, 0.15) is 12.4 Å². The van der Waals surface area contributed by atoms with Crippen LogP contribution < -0.4 is 14.2 Å². The number of hydrogen-bond donors (Lipinski definition) is 1. The molecule has 0 saturated heterocycles. The Balaban J connectivity index is 1.59. The number of rotatable bonds is 3. The molecule has 0 bridgehead atoms. The molecule has 27 heavy (non-hydrogen) atoms. The van der Waals surface area contributed by atoms with E-state index in [0.717, 1.165) is 17.7 Å². The Kier molecular flexibility index (Phi) is 4.13. The average molecular weight is 380 g/mol. The Bertz CT molecular complexity index is 893. The van der Waals surface area contributed by atoms with Gasteiger partial charge in [-0.25, -0.2) is 0 Å². The van der Waals surface area contributed by atoms with Crippen molar-refractivity contribution in [3.63, 3.8) is 0 Å². The van der Waals surface area contributed by atoms with Crippen LogP contribution in [0.3, 0.4) is 0 Å². The van der Waals surface area contributed by atoms with Gasteiger partial charge in [-0.05, 0) is 23.8 Å². The van der Waals surface area contributed by atoms with Gasteiger partial charge in [0.05, 0.1) is 18.6 Å². The third kappa shape index (κ3) is 3.39. The summed E-state index contributed by atoms with van der Waals surface area (Å²) in [4.78, 5) is 11.0. The normalized spacial score (nSPS) is 20.7. The van der Waals surface area contributed by atoms with Gasteiger partial charge in [-0.1, -0.05) is 12.1 Å². The van der Waals surface area contributed by atoms with Crippen molar-refractivity contribution in [2.24, 2.45) is 0 Å². The maximum atomic E-state index is 12.9. The smallest absolute Gasteiger partial charge is 0.416 e. The van der Waals surface area contributed by atoms with E-state index in [1.165, 1.54) is 6.07 Å². The Hall–Kier alpha value is -2.90. The predicted octanol–water partition coefficient (Wildman–Crippen LogP) is 4.17. The molecule has 0 aromatic heterocycles. The SMILES string of the molecule is O=C(O)C[C@@H]1COc2cc3c(cc21)OCC(c1cccc(C(F)(F)F)c1)O3. The second-order valence-electron chi connectivity index (χ2n) is 6.48. The van der Waals surface area contributed by atoms with Crippen LogP contribution in [0.15, 0.2) is 36.4 Å². The molecule has 0 radical (unpaired) electrons. The predicted molar refractivity (Wildman–Crippen MR) is 87.2 cm³/mol. The molecule has 2 heterocycles. The van der Waals surface area contributed by atoms with Crippen molar-refractivity contribution in [3.05, 3.63) is 53.1 Å². The van der Waals surface area contributed by atoms with Gasteiger partial charge in [0.2, 0.25) is 0 Å². The molecule has 2 aliphatic heterocycles. The largest absolute Gasteiger partial charge is 0.492 e. The van der Waals surface area contributed by atoms with Crippen LogP contribution in [-0.2, 0) is 11.0 Å². The fourth-order valence-corrected chi connectivity index (χ4v) is 3.30. The Morgan fingerprint density at radius 3 is 2.59 bits per heavy atom. The molecule has 142 valence electrons. The summed E-state index contributed by atoms with van der Waals surface area (Å²) in [5.41, 5.74) is 0.348. The van der Waals surface area contributed by atoms with E-state index in [0.29, 0.717) is 22.8 Å². The van der Waals surface area contributed by atoms with Crippen molar-refractivity contribution >= 4 is 5.97 Å². The van der Waals surface area contributed by atoms with E-state index in [1.54, 1.807) is 18.2 Å². The molecule has 8 heteroatoms. The van der Waals surface area contributed by atoms with Crippen molar-refractivity contribution in [1.29, 1.82) is 0 Å². The molecule has 1 N–H and O–H groups in total. The number of ether oxygens (including phenoxy) is 3. The summed E-state index contributed by atoms with van der Waals surface area (Å²) in [6.07, 6.45) is -5.18. The van der Waals surface area contributed by atoms with E-state index in [-0.39, 0.29) is 25.6 Å². The lowest BCUT2D eigenvalue weighted by Crippen LogP contribution is -2.22. The second-order valence-corrected chi connectivity index (χ2v) is 6.48. The van der Waals surface area contributed by atoms with Gasteiger partial charge in [-0.3, -0.25) is 4.79 Å². The molecule has 2 atom stereocenters. The van der Waals surface area contributed by atoms with Crippen LogP contribution in [0.5, 0.6) is 17.2 Å². The topological polar surface area (TPSA) is 65.0 Å². The van der Waals surface area contributed by atoms with Gasteiger partial charge >= 0.3 is 12.1 Å².